The number of aliphatic hydroxyl groups excluding tert-OH is 1. The topological polar surface area (TPSA) is 41.9 Å². The van der Waals surface area contributed by atoms with E-state index in [0.717, 1.165) is 48.7 Å². The number of morpholine rings is 1. The molecule has 2 unspecified atom stereocenters. The first-order valence-corrected chi connectivity index (χ1v) is 7.70. The number of fused-ring (bicyclic) bond motifs is 1. The molecule has 2 aliphatic heterocycles. The van der Waals surface area contributed by atoms with Crippen molar-refractivity contribution in [3.8, 4) is 5.75 Å². The molecular weight excluding hydrogens is 266 g/mol. The van der Waals surface area contributed by atoms with E-state index in [9.17, 15) is 5.11 Å². The van der Waals surface area contributed by atoms with E-state index in [1.165, 1.54) is 0 Å². The Kier molecular flexibility index (Phi) is 3.72. The number of hydrogen-bond acceptors (Lipinski definition) is 4. The molecule has 0 aromatic heterocycles. The molecule has 0 amide bonds. The summed E-state index contributed by atoms with van der Waals surface area (Å²) >= 11 is 0. The summed E-state index contributed by atoms with van der Waals surface area (Å²) in [7, 11) is 0. The lowest BCUT2D eigenvalue weighted by Gasteiger charge is -2.49. The number of hydrogen-bond donors (Lipinski definition) is 1. The van der Waals surface area contributed by atoms with Crippen LogP contribution in [-0.4, -0.2) is 48.0 Å². The smallest absolute Gasteiger partial charge is 0.128 e. The molecule has 0 bridgehead atoms. The predicted molar refractivity (Wildman–Crippen MR) is 81.8 cm³/mol. The molecule has 0 saturated carbocycles. The number of aryl methyl sites for hydroxylation is 2. The summed E-state index contributed by atoms with van der Waals surface area (Å²) in [4.78, 5) is 2.30. The summed E-state index contributed by atoms with van der Waals surface area (Å²) in [6, 6.07) is 4.11. The summed E-state index contributed by atoms with van der Waals surface area (Å²) in [6.07, 6.45) is -0.527. The van der Waals surface area contributed by atoms with Crippen LogP contribution in [0.25, 0.3) is 0 Å². The molecule has 2 heterocycles. The third kappa shape index (κ3) is 2.56. The van der Waals surface area contributed by atoms with E-state index >= 15 is 0 Å². The highest BCUT2D eigenvalue weighted by Gasteiger charge is 2.47. The minimum Gasteiger partial charge on any atom is -0.485 e. The Hall–Kier alpha value is -1.10. The van der Waals surface area contributed by atoms with Crippen molar-refractivity contribution in [1.82, 2.24) is 4.90 Å². The Balaban J connectivity index is 2.02. The lowest BCUT2D eigenvalue weighted by Crippen LogP contribution is -2.60. The van der Waals surface area contributed by atoms with Gasteiger partial charge < -0.3 is 14.6 Å². The molecule has 4 nitrogen and oxygen atoms in total. The molecule has 0 spiro atoms. The van der Waals surface area contributed by atoms with Crippen LogP contribution in [0.3, 0.4) is 0 Å². The second-order valence-electron chi connectivity index (χ2n) is 6.74. The molecule has 1 saturated heterocycles. The van der Waals surface area contributed by atoms with E-state index in [1.807, 2.05) is 6.92 Å². The monoisotopic (exact) mass is 291 g/mol. The molecule has 4 heteroatoms. The van der Waals surface area contributed by atoms with Gasteiger partial charge in [-0.1, -0.05) is 11.6 Å². The molecule has 116 valence electrons. The molecule has 1 fully saturated rings. The third-order valence-electron chi connectivity index (χ3n) is 4.58. The van der Waals surface area contributed by atoms with Crippen LogP contribution in [0.2, 0.25) is 0 Å². The SMILES string of the molecule is Cc1cc(C)c2c(c1)C(O)C(N1CCOCC1)C(C)(C)O2. The van der Waals surface area contributed by atoms with Crippen LogP contribution < -0.4 is 4.74 Å². The van der Waals surface area contributed by atoms with Crippen molar-refractivity contribution < 1.29 is 14.6 Å². The van der Waals surface area contributed by atoms with Crippen molar-refractivity contribution in [2.24, 2.45) is 0 Å². The quantitative estimate of drug-likeness (QED) is 0.861. The van der Waals surface area contributed by atoms with Gasteiger partial charge in [0.1, 0.15) is 17.5 Å². The summed E-state index contributed by atoms with van der Waals surface area (Å²) in [5, 5.41) is 11.0. The van der Waals surface area contributed by atoms with E-state index in [-0.39, 0.29) is 6.04 Å². The van der Waals surface area contributed by atoms with E-state index in [4.69, 9.17) is 9.47 Å². The average Bonchev–Trinajstić information content (AvgIpc) is 2.41. The molecule has 0 radical (unpaired) electrons. The van der Waals surface area contributed by atoms with Gasteiger partial charge >= 0.3 is 0 Å². The first kappa shape index (κ1) is 14.8. The number of aliphatic hydroxyl groups is 1. The minimum absolute atomic E-state index is 0.0462. The fraction of sp³-hybridized carbons (Fsp3) is 0.647. The van der Waals surface area contributed by atoms with Crippen LogP contribution in [0.5, 0.6) is 5.75 Å². The first-order chi connectivity index (χ1) is 9.90. The van der Waals surface area contributed by atoms with Gasteiger partial charge in [0.2, 0.25) is 0 Å². The maximum atomic E-state index is 11.0. The van der Waals surface area contributed by atoms with Gasteiger partial charge in [0.25, 0.3) is 0 Å². The molecule has 21 heavy (non-hydrogen) atoms. The van der Waals surface area contributed by atoms with Crippen LogP contribution in [0.15, 0.2) is 12.1 Å². The zero-order valence-corrected chi connectivity index (χ0v) is 13.3. The van der Waals surface area contributed by atoms with Gasteiger partial charge in [-0.3, -0.25) is 4.90 Å². The van der Waals surface area contributed by atoms with Gasteiger partial charge in [-0.25, -0.2) is 0 Å². The zero-order chi connectivity index (χ0) is 15.2. The van der Waals surface area contributed by atoms with E-state index < -0.39 is 11.7 Å². The molecule has 2 aliphatic rings. The summed E-state index contributed by atoms with van der Waals surface area (Å²) in [5.74, 6) is 0.850. The lowest BCUT2D eigenvalue weighted by molar-refractivity contribution is -0.107. The normalized spacial score (nSPS) is 28.8. The van der Waals surface area contributed by atoms with Crippen molar-refractivity contribution in [2.45, 2.75) is 45.4 Å². The average molecular weight is 291 g/mol. The lowest BCUT2D eigenvalue weighted by atomic mass is 9.83. The van der Waals surface area contributed by atoms with E-state index in [1.54, 1.807) is 0 Å². The molecule has 1 aromatic rings. The van der Waals surface area contributed by atoms with Crippen molar-refractivity contribution >= 4 is 0 Å². The highest BCUT2D eigenvalue weighted by Crippen LogP contribution is 2.44. The second kappa shape index (κ2) is 5.27. The van der Waals surface area contributed by atoms with Gasteiger partial charge in [-0.05, 0) is 39.3 Å². The van der Waals surface area contributed by atoms with Crippen LogP contribution in [-0.2, 0) is 4.74 Å². The van der Waals surface area contributed by atoms with Crippen molar-refractivity contribution in [2.75, 3.05) is 26.3 Å². The van der Waals surface area contributed by atoms with Gasteiger partial charge in [0, 0.05) is 18.7 Å². The highest BCUT2D eigenvalue weighted by molar-refractivity contribution is 5.48. The highest BCUT2D eigenvalue weighted by atomic mass is 16.5. The molecule has 1 N–H and O–H groups in total. The Labute approximate surface area is 126 Å². The third-order valence-corrected chi connectivity index (χ3v) is 4.58. The molecule has 2 atom stereocenters. The van der Waals surface area contributed by atoms with Crippen LogP contribution in [0, 0.1) is 13.8 Å². The van der Waals surface area contributed by atoms with Crippen molar-refractivity contribution in [1.29, 1.82) is 0 Å². The van der Waals surface area contributed by atoms with Crippen molar-refractivity contribution in [3.05, 3.63) is 28.8 Å². The molecule has 0 aliphatic carbocycles. The fourth-order valence-corrected chi connectivity index (χ4v) is 3.72. The minimum atomic E-state index is -0.527. The number of benzene rings is 1. The maximum absolute atomic E-state index is 11.0. The van der Waals surface area contributed by atoms with Gasteiger partial charge in [-0.2, -0.15) is 0 Å². The fourth-order valence-electron chi connectivity index (χ4n) is 3.72. The zero-order valence-electron chi connectivity index (χ0n) is 13.3. The Morgan fingerprint density at radius 2 is 1.86 bits per heavy atom. The standard InChI is InChI=1S/C17H25NO3/c1-11-9-12(2)15-13(10-11)14(19)16(17(3,4)21-15)18-5-7-20-8-6-18/h9-10,14,16,19H,5-8H2,1-4H3. The van der Waals surface area contributed by atoms with Gasteiger partial charge in [0.05, 0.1) is 19.3 Å². The largest absolute Gasteiger partial charge is 0.485 e. The predicted octanol–water partition coefficient (Wildman–Crippen LogP) is 2.21. The number of rotatable bonds is 1. The summed E-state index contributed by atoms with van der Waals surface area (Å²) in [6.45, 7) is 11.4. The maximum Gasteiger partial charge on any atom is 0.128 e. The Morgan fingerprint density at radius 3 is 2.52 bits per heavy atom. The Morgan fingerprint density at radius 1 is 1.19 bits per heavy atom. The summed E-state index contributed by atoms with van der Waals surface area (Å²) < 4.78 is 11.7. The van der Waals surface area contributed by atoms with Crippen LogP contribution >= 0.6 is 0 Å². The first-order valence-electron chi connectivity index (χ1n) is 7.70. The molecule has 1 aromatic carbocycles. The van der Waals surface area contributed by atoms with Crippen LogP contribution in [0.1, 0.15) is 36.6 Å². The Bertz CT molecular complexity index is 535. The number of ether oxygens (including phenoxy) is 2. The number of nitrogens with zero attached hydrogens (tertiary/aromatic N) is 1. The van der Waals surface area contributed by atoms with E-state index in [2.05, 4.69) is 37.8 Å². The van der Waals surface area contributed by atoms with Gasteiger partial charge in [0.15, 0.2) is 0 Å². The van der Waals surface area contributed by atoms with E-state index in [0.29, 0.717) is 0 Å². The van der Waals surface area contributed by atoms with Crippen molar-refractivity contribution in [3.63, 3.8) is 0 Å². The summed E-state index contributed by atoms with van der Waals surface area (Å²) in [5.41, 5.74) is 2.75. The van der Waals surface area contributed by atoms with Crippen LogP contribution in [0.4, 0.5) is 0 Å². The molecule has 3 rings (SSSR count). The molecular formula is C17H25NO3. The second-order valence-corrected chi connectivity index (χ2v) is 6.74. The van der Waals surface area contributed by atoms with Gasteiger partial charge in [-0.15, -0.1) is 0 Å².